The van der Waals surface area contributed by atoms with Crippen LogP contribution in [-0.4, -0.2) is 15.9 Å². The van der Waals surface area contributed by atoms with Crippen molar-refractivity contribution in [1.82, 2.24) is 0 Å². The van der Waals surface area contributed by atoms with Gasteiger partial charge in [-0.3, -0.25) is 4.18 Å². The molecular weight excluding hydrogens is 206 g/mol. The van der Waals surface area contributed by atoms with Crippen molar-refractivity contribution in [2.75, 3.05) is 7.11 Å². The van der Waals surface area contributed by atoms with E-state index >= 15 is 0 Å². The number of methoxy groups -OCH3 is 1. The fourth-order valence-electron chi connectivity index (χ4n) is 0.959. The summed E-state index contributed by atoms with van der Waals surface area (Å²) in [5, 5.41) is 0. The predicted molar refractivity (Wildman–Crippen MR) is 49.9 cm³/mol. The molecule has 0 aliphatic carbocycles. The lowest BCUT2D eigenvalue weighted by Crippen LogP contribution is -2.15. The first kappa shape index (κ1) is 11.1. The number of rotatable bonds is 4. The van der Waals surface area contributed by atoms with Crippen molar-refractivity contribution in [1.29, 1.82) is 0 Å². The first-order valence-electron chi connectivity index (χ1n) is 3.79. The van der Waals surface area contributed by atoms with E-state index < -0.39 is 17.6 Å². The second-order valence-electron chi connectivity index (χ2n) is 2.50. The third kappa shape index (κ3) is 3.08. The van der Waals surface area contributed by atoms with E-state index in [1.165, 1.54) is 7.11 Å². The number of nitrogens with two attached hydrogens (primary N) is 1. The van der Waals surface area contributed by atoms with E-state index in [1.807, 2.05) is 0 Å². The normalized spacial score (nSPS) is 14.8. The lowest BCUT2D eigenvalue weighted by Gasteiger charge is -2.14. The lowest BCUT2D eigenvalue weighted by molar-refractivity contribution is 0.211. The highest BCUT2D eigenvalue weighted by atomic mass is 32.2. The molecule has 78 valence electrons. The Morgan fingerprint density at radius 3 is 2.86 bits per heavy atom. The van der Waals surface area contributed by atoms with E-state index in [4.69, 9.17) is 10.5 Å². The molecule has 2 N–H and O–H groups in total. The van der Waals surface area contributed by atoms with Gasteiger partial charge in [0.2, 0.25) is 0 Å². The highest BCUT2D eigenvalue weighted by Gasteiger charge is 2.07. The number of hydrogen-bond acceptors (Lipinski definition) is 5. The molecule has 2 unspecified atom stereocenters. The minimum atomic E-state index is -2.62. The van der Waals surface area contributed by atoms with Crippen LogP contribution in [0.5, 0.6) is 5.75 Å². The van der Waals surface area contributed by atoms with Crippen LogP contribution in [0.25, 0.3) is 0 Å². The van der Waals surface area contributed by atoms with E-state index in [2.05, 4.69) is 4.18 Å². The second-order valence-corrected chi connectivity index (χ2v) is 3.10. The molecule has 0 amide bonds. The zero-order valence-electron chi connectivity index (χ0n) is 7.51. The van der Waals surface area contributed by atoms with E-state index in [0.29, 0.717) is 11.3 Å². The van der Waals surface area contributed by atoms with Gasteiger partial charge in [0.05, 0.1) is 18.5 Å². The lowest BCUT2D eigenvalue weighted by atomic mass is 10.2. The summed E-state index contributed by atoms with van der Waals surface area (Å²) in [6, 6.07) is 6.69. The molecule has 2 atom stereocenters. The van der Waals surface area contributed by atoms with Crippen LogP contribution in [0.15, 0.2) is 24.3 Å². The summed E-state index contributed by atoms with van der Waals surface area (Å²) < 4.78 is 29.7. The molecule has 0 saturated carbocycles. The van der Waals surface area contributed by atoms with Crippen LogP contribution >= 0.6 is 0 Å². The van der Waals surface area contributed by atoms with Gasteiger partial charge in [-0.15, -0.1) is 0 Å². The quantitative estimate of drug-likeness (QED) is 0.584. The van der Waals surface area contributed by atoms with Crippen molar-refractivity contribution in [2.24, 2.45) is 5.73 Å². The van der Waals surface area contributed by atoms with Crippen molar-refractivity contribution >= 4 is 11.4 Å². The van der Waals surface area contributed by atoms with Crippen molar-refractivity contribution in [3.05, 3.63) is 29.8 Å². The van der Waals surface area contributed by atoms with E-state index in [0.717, 1.165) is 0 Å². The van der Waals surface area contributed by atoms with Gasteiger partial charge >= 0.3 is 0 Å². The Bertz CT molecular complexity index is 331. The van der Waals surface area contributed by atoms with E-state index in [1.54, 1.807) is 24.3 Å². The summed E-state index contributed by atoms with van der Waals surface area (Å²) in [7, 11) is 1.51. The van der Waals surface area contributed by atoms with Gasteiger partial charge in [-0.2, -0.15) is 0 Å². The van der Waals surface area contributed by atoms with E-state index in [-0.39, 0.29) is 0 Å². The minimum absolute atomic E-state index is 0.536. The molecule has 6 heteroatoms. The van der Waals surface area contributed by atoms with E-state index in [9.17, 15) is 8.76 Å². The average Bonchev–Trinajstić information content (AvgIpc) is 2.17. The molecule has 1 aromatic rings. The van der Waals surface area contributed by atoms with Gasteiger partial charge in [-0.25, -0.2) is 4.21 Å². The zero-order chi connectivity index (χ0) is 10.6. The van der Waals surface area contributed by atoms with Gasteiger partial charge in [-0.05, 0) is 12.1 Å². The van der Waals surface area contributed by atoms with Crippen LogP contribution in [0, 0.1) is 0 Å². The Balaban J connectivity index is 2.78. The van der Waals surface area contributed by atoms with Crippen LogP contribution in [0.1, 0.15) is 11.8 Å². The Labute approximate surface area is 84.3 Å². The SMILES string of the molecule is COc1cccc(C(N)OS(=O)[O-])c1. The molecule has 0 heterocycles. The third-order valence-electron chi connectivity index (χ3n) is 1.60. The van der Waals surface area contributed by atoms with Gasteiger partial charge in [0.15, 0.2) is 0 Å². The molecule has 0 aliphatic heterocycles. The van der Waals surface area contributed by atoms with Gasteiger partial charge in [0.25, 0.3) is 0 Å². The maximum absolute atomic E-state index is 10.2. The van der Waals surface area contributed by atoms with Gasteiger partial charge in [-0.1, -0.05) is 12.1 Å². The van der Waals surface area contributed by atoms with Gasteiger partial charge < -0.3 is 15.0 Å². The highest BCUT2D eigenvalue weighted by molar-refractivity contribution is 7.74. The monoisotopic (exact) mass is 216 g/mol. The zero-order valence-corrected chi connectivity index (χ0v) is 8.32. The number of ether oxygens (including phenoxy) is 1. The summed E-state index contributed by atoms with van der Waals surface area (Å²) >= 11 is -2.62. The summed E-state index contributed by atoms with van der Waals surface area (Å²) in [5.41, 5.74) is 5.98. The van der Waals surface area contributed by atoms with Crippen LogP contribution in [0.2, 0.25) is 0 Å². The molecular formula is C8H10NO4S-. The Morgan fingerprint density at radius 2 is 2.29 bits per heavy atom. The standard InChI is InChI=1S/C8H11NO4S/c1-12-7-4-2-3-6(5-7)8(9)13-14(10)11/h2-5,8H,9H2,1H3,(H,10,11)/p-1. The Kier molecular flexibility index (Phi) is 4.02. The smallest absolute Gasteiger partial charge is 0.147 e. The molecule has 0 radical (unpaired) electrons. The van der Waals surface area contributed by atoms with Gasteiger partial charge in [0.1, 0.15) is 12.0 Å². The van der Waals surface area contributed by atoms with Crippen LogP contribution in [-0.2, 0) is 15.5 Å². The summed E-state index contributed by atoms with van der Waals surface area (Å²) in [6.07, 6.45) is -0.997. The first-order valence-corrected chi connectivity index (χ1v) is 4.79. The molecule has 0 fully saturated rings. The largest absolute Gasteiger partial charge is 0.750 e. The molecule has 0 bridgehead atoms. The molecule has 0 aliphatic rings. The minimum Gasteiger partial charge on any atom is -0.750 e. The molecule has 14 heavy (non-hydrogen) atoms. The second kappa shape index (κ2) is 5.06. The van der Waals surface area contributed by atoms with Crippen LogP contribution in [0.3, 0.4) is 0 Å². The third-order valence-corrected chi connectivity index (χ3v) is 1.97. The summed E-state index contributed by atoms with van der Waals surface area (Å²) in [4.78, 5) is 0. The highest BCUT2D eigenvalue weighted by Crippen LogP contribution is 2.18. The first-order chi connectivity index (χ1) is 6.63. The molecule has 1 aromatic carbocycles. The molecule has 1 rings (SSSR count). The number of benzene rings is 1. The number of hydrogen-bond donors (Lipinski definition) is 1. The molecule has 0 spiro atoms. The van der Waals surface area contributed by atoms with Crippen LogP contribution < -0.4 is 10.5 Å². The van der Waals surface area contributed by atoms with Crippen molar-refractivity contribution < 1.29 is 17.7 Å². The Hall–Kier alpha value is -0.950. The fourth-order valence-corrected chi connectivity index (χ4v) is 1.24. The van der Waals surface area contributed by atoms with Crippen molar-refractivity contribution in [3.63, 3.8) is 0 Å². The predicted octanol–water partition coefficient (Wildman–Crippen LogP) is 0.463. The Morgan fingerprint density at radius 1 is 1.57 bits per heavy atom. The maximum Gasteiger partial charge on any atom is 0.147 e. The molecule has 0 saturated heterocycles. The summed E-state index contributed by atoms with van der Waals surface area (Å²) in [6.45, 7) is 0. The molecule has 5 nitrogen and oxygen atoms in total. The fraction of sp³-hybridized carbons (Fsp3) is 0.250. The maximum atomic E-state index is 10.2. The van der Waals surface area contributed by atoms with Crippen molar-refractivity contribution in [3.8, 4) is 5.75 Å². The van der Waals surface area contributed by atoms with Crippen LogP contribution in [0.4, 0.5) is 0 Å². The molecule has 0 aromatic heterocycles. The van der Waals surface area contributed by atoms with Crippen molar-refractivity contribution in [2.45, 2.75) is 6.23 Å². The average molecular weight is 216 g/mol. The topological polar surface area (TPSA) is 84.6 Å². The summed E-state index contributed by atoms with van der Waals surface area (Å²) in [5.74, 6) is 0.596. The van der Waals surface area contributed by atoms with Gasteiger partial charge in [0, 0.05) is 5.56 Å².